The van der Waals surface area contributed by atoms with Crippen molar-refractivity contribution in [2.24, 2.45) is 0 Å². The predicted molar refractivity (Wildman–Crippen MR) is 79.8 cm³/mol. The molecule has 0 aromatic carbocycles. The molecule has 1 amide bonds. The van der Waals surface area contributed by atoms with Gasteiger partial charge in [0.25, 0.3) is 0 Å². The number of amides is 1. The van der Waals surface area contributed by atoms with E-state index in [2.05, 4.69) is 31.7 Å². The van der Waals surface area contributed by atoms with Crippen molar-refractivity contribution in [3.05, 3.63) is 28.2 Å². The standard InChI is InChI=1S/C13H17N5OS/c1-4-11(19)17-13-16-9(3)15-12(18-13)14-8(2)10-6-5-7-20-10/h5-8H,4H2,1-3H3,(H2,14,15,16,17,18,19). The van der Waals surface area contributed by atoms with Gasteiger partial charge in [-0.3, -0.25) is 10.1 Å². The molecule has 106 valence electrons. The number of carbonyl (C=O) groups excluding carboxylic acids is 1. The number of hydrogen-bond acceptors (Lipinski definition) is 6. The maximum Gasteiger partial charge on any atom is 0.234 e. The molecule has 0 aliphatic rings. The van der Waals surface area contributed by atoms with Gasteiger partial charge < -0.3 is 5.32 Å². The maximum absolute atomic E-state index is 11.4. The Morgan fingerprint density at radius 3 is 2.75 bits per heavy atom. The summed E-state index contributed by atoms with van der Waals surface area (Å²) in [4.78, 5) is 25.1. The number of nitrogens with zero attached hydrogens (tertiary/aromatic N) is 3. The summed E-state index contributed by atoms with van der Waals surface area (Å²) in [6.07, 6.45) is 0.388. The van der Waals surface area contributed by atoms with Gasteiger partial charge >= 0.3 is 0 Å². The fraction of sp³-hybridized carbons (Fsp3) is 0.385. The molecule has 0 aliphatic heterocycles. The first-order chi connectivity index (χ1) is 9.58. The molecule has 0 fully saturated rings. The molecule has 0 aliphatic carbocycles. The molecule has 0 bridgehead atoms. The van der Waals surface area contributed by atoms with Crippen molar-refractivity contribution < 1.29 is 4.79 Å². The second kappa shape index (κ2) is 6.42. The van der Waals surface area contributed by atoms with Crippen LogP contribution in [0.3, 0.4) is 0 Å². The number of aromatic nitrogens is 3. The summed E-state index contributed by atoms with van der Waals surface area (Å²) in [6.45, 7) is 5.58. The third kappa shape index (κ3) is 3.74. The quantitative estimate of drug-likeness (QED) is 0.885. The molecule has 2 heterocycles. The lowest BCUT2D eigenvalue weighted by Crippen LogP contribution is -2.16. The Labute approximate surface area is 121 Å². The number of rotatable bonds is 5. The Balaban J connectivity index is 2.13. The lowest BCUT2D eigenvalue weighted by molar-refractivity contribution is -0.115. The first kappa shape index (κ1) is 14.4. The monoisotopic (exact) mass is 291 g/mol. The van der Waals surface area contributed by atoms with Crippen LogP contribution in [0.15, 0.2) is 17.5 Å². The normalized spacial score (nSPS) is 11.9. The second-order valence-electron chi connectivity index (χ2n) is 4.31. The molecule has 2 aromatic heterocycles. The average molecular weight is 291 g/mol. The first-order valence-corrected chi connectivity index (χ1v) is 7.29. The summed E-state index contributed by atoms with van der Waals surface area (Å²) in [6, 6.07) is 4.16. The molecular formula is C13H17N5OS. The number of nitrogens with one attached hydrogen (secondary N) is 2. The van der Waals surface area contributed by atoms with Crippen LogP contribution in [0.1, 0.15) is 37.0 Å². The fourth-order valence-corrected chi connectivity index (χ4v) is 2.35. The average Bonchev–Trinajstić information content (AvgIpc) is 2.91. The van der Waals surface area contributed by atoms with E-state index in [1.807, 2.05) is 18.4 Å². The molecule has 0 spiro atoms. The van der Waals surface area contributed by atoms with Crippen molar-refractivity contribution in [3.8, 4) is 0 Å². The number of carbonyl (C=O) groups is 1. The summed E-state index contributed by atoms with van der Waals surface area (Å²) < 4.78 is 0. The smallest absolute Gasteiger partial charge is 0.234 e. The van der Waals surface area contributed by atoms with Crippen molar-refractivity contribution in [1.82, 2.24) is 15.0 Å². The zero-order chi connectivity index (χ0) is 14.5. The number of aryl methyl sites for hydroxylation is 1. The Kier molecular flexibility index (Phi) is 4.62. The zero-order valence-electron chi connectivity index (χ0n) is 11.7. The summed E-state index contributed by atoms with van der Waals surface area (Å²) in [5.41, 5.74) is 0. The molecule has 1 unspecified atom stereocenters. The van der Waals surface area contributed by atoms with Gasteiger partial charge in [0, 0.05) is 11.3 Å². The van der Waals surface area contributed by atoms with Crippen LogP contribution in [-0.2, 0) is 4.79 Å². The van der Waals surface area contributed by atoms with Gasteiger partial charge in [0.15, 0.2) is 0 Å². The van der Waals surface area contributed by atoms with E-state index in [0.717, 1.165) is 0 Å². The van der Waals surface area contributed by atoms with Crippen LogP contribution in [0, 0.1) is 6.92 Å². The van der Waals surface area contributed by atoms with Crippen LogP contribution < -0.4 is 10.6 Å². The van der Waals surface area contributed by atoms with E-state index in [9.17, 15) is 4.79 Å². The summed E-state index contributed by atoms with van der Waals surface area (Å²) in [5, 5.41) is 7.88. The molecule has 0 radical (unpaired) electrons. The van der Waals surface area contributed by atoms with Crippen LogP contribution >= 0.6 is 11.3 Å². The molecule has 0 saturated carbocycles. The topological polar surface area (TPSA) is 79.8 Å². The molecule has 2 N–H and O–H groups in total. The molecular weight excluding hydrogens is 274 g/mol. The van der Waals surface area contributed by atoms with Gasteiger partial charge in [0.05, 0.1) is 6.04 Å². The van der Waals surface area contributed by atoms with Crippen molar-refractivity contribution in [1.29, 1.82) is 0 Å². The van der Waals surface area contributed by atoms with Gasteiger partial charge in [-0.1, -0.05) is 13.0 Å². The van der Waals surface area contributed by atoms with Crippen molar-refractivity contribution >= 4 is 29.1 Å². The highest BCUT2D eigenvalue weighted by molar-refractivity contribution is 7.10. The van der Waals surface area contributed by atoms with Crippen molar-refractivity contribution in [2.75, 3.05) is 10.6 Å². The van der Waals surface area contributed by atoms with Crippen molar-refractivity contribution in [3.63, 3.8) is 0 Å². The van der Waals surface area contributed by atoms with Crippen LogP contribution in [0.4, 0.5) is 11.9 Å². The Bertz CT molecular complexity index is 584. The molecule has 7 heteroatoms. The van der Waals surface area contributed by atoms with E-state index in [4.69, 9.17) is 0 Å². The minimum Gasteiger partial charge on any atom is -0.347 e. The summed E-state index contributed by atoms with van der Waals surface area (Å²) in [5.74, 6) is 1.19. The van der Waals surface area contributed by atoms with E-state index in [-0.39, 0.29) is 17.9 Å². The van der Waals surface area contributed by atoms with Gasteiger partial charge in [-0.15, -0.1) is 11.3 Å². The lowest BCUT2D eigenvalue weighted by Gasteiger charge is -2.13. The number of hydrogen-bond donors (Lipinski definition) is 2. The predicted octanol–water partition coefficient (Wildman–Crippen LogP) is 2.76. The van der Waals surface area contributed by atoms with Gasteiger partial charge in [-0.25, -0.2) is 0 Å². The fourth-order valence-electron chi connectivity index (χ4n) is 1.62. The van der Waals surface area contributed by atoms with Crippen LogP contribution in [0.5, 0.6) is 0 Å². The Morgan fingerprint density at radius 1 is 1.35 bits per heavy atom. The first-order valence-electron chi connectivity index (χ1n) is 6.41. The highest BCUT2D eigenvalue weighted by Crippen LogP contribution is 2.21. The van der Waals surface area contributed by atoms with Crippen molar-refractivity contribution in [2.45, 2.75) is 33.2 Å². The van der Waals surface area contributed by atoms with Gasteiger partial charge in [-0.05, 0) is 25.3 Å². The SMILES string of the molecule is CCC(=O)Nc1nc(C)nc(NC(C)c2cccs2)n1. The van der Waals surface area contributed by atoms with Gasteiger partial charge in [0.1, 0.15) is 5.82 Å². The highest BCUT2D eigenvalue weighted by atomic mass is 32.1. The Hall–Kier alpha value is -2.02. The second-order valence-corrected chi connectivity index (χ2v) is 5.29. The zero-order valence-corrected chi connectivity index (χ0v) is 12.5. The van der Waals surface area contributed by atoms with Crippen LogP contribution in [0.2, 0.25) is 0 Å². The number of anilines is 2. The minimum atomic E-state index is -0.118. The highest BCUT2D eigenvalue weighted by Gasteiger charge is 2.11. The maximum atomic E-state index is 11.4. The number of thiophene rings is 1. The third-order valence-corrected chi connectivity index (χ3v) is 3.69. The molecule has 6 nitrogen and oxygen atoms in total. The van der Waals surface area contributed by atoms with E-state index in [0.29, 0.717) is 18.2 Å². The van der Waals surface area contributed by atoms with E-state index < -0.39 is 0 Å². The summed E-state index contributed by atoms with van der Waals surface area (Å²) in [7, 11) is 0. The lowest BCUT2D eigenvalue weighted by atomic mass is 10.3. The van der Waals surface area contributed by atoms with Crippen LogP contribution in [0.25, 0.3) is 0 Å². The van der Waals surface area contributed by atoms with E-state index in [1.54, 1.807) is 25.2 Å². The van der Waals surface area contributed by atoms with Gasteiger partial charge in [-0.2, -0.15) is 15.0 Å². The third-order valence-electron chi connectivity index (χ3n) is 2.64. The molecule has 20 heavy (non-hydrogen) atoms. The Morgan fingerprint density at radius 2 is 2.10 bits per heavy atom. The van der Waals surface area contributed by atoms with E-state index >= 15 is 0 Å². The largest absolute Gasteiger partial charge is 0.347 e. The minimum absolute atomic E-state index is 0.103. The van der Waals surface area contributed by atoms with Crippen LogP contribution in [-0.4, -0.2) is 20.9 Å². The molecule has 1 atom stereocenters. The van der Waals surface area contributed by atoms with Gasteiger partial charge in [0.2, 0.25) is 17.8 Å². The summed E-state index contributed by atoms with van der Waals surface area (Å²) >= 11 is 1.67. The molecule has 0 saturated heterocycles. The molecule has 2 aromatic rings. The molecule has 2 rings (SSSR count). The van der Waals surface area contributed by atoms with E-state index in [1.165, 1.54) is 4.88 Å².